The van der Waals surface area contributed by atoms with Crippen molar-refractivity contribution in [3.05, 3.63) is 66.9 Å². The summed E-state index contributed by atoms with van der Waals surface area (Å²) in [5, 5.41) is 11.6. The van der Waals surface area contributed by atoms with E-state index in [1.807, 2.05) is 25.4 Å². The van der Waals surface area contributed by atoms with Gasteiger partial charge in [-0.3, -0.25) is 14.8 Å². The first-order valence-corrected chi connectivity index (χ1v) is 9.61. The molecule has 0 saturated heterocycles. The molecule has 31 heavy (non-hydrogen) atoms. The van der Waals surface area contributed by atoms with Gasteiger partial charge >= 0.3 is 0 Å². The van der Waals surface area contributed by atoms with Crippen LogP contribution in [0.25, 0.3) is 56.1 Å². The number of benzene rings is 1. The molecule has 1 aromatic carbocycles. The SMILES string of the molecule is Cn1cc(-c2ccc3[nH]nc(-c4nc5c(-c6ccccc6F)nccc5[nH]4)c3n2)cn1. The Morgan fingerprint density at radius 2 is 1.81 bits per heavy atom. The molecule has 0 fully saturated rings. The molecular weight excluding hydrogens is 395 g/mol. The summed E-state index contributed by atoms with van der Waals surface area (Å²) in [6.45, 7) is 0. The van der Waals surface area contributed by atoms with Gasteiger partial charge < -0.3 is 4.98 Å². The molecular formula is C22H15FN8. The number of nitrogens with zero attached hydrogens (tertiary/aromatic N) is 6. The van der Waals surface area contributed by atoms with Crippen molar-refractivity contribution in [3.63, 3.8) is 0 Å². The molecule has 8 nitrogen and oxygen atoms in total. The van der Waals surface area contributed by atoms with Crippen LogP contribution in [-0.4, -0.2) is 39.9 Å². The van der Waals surface area contributed by atoms with Gasteiger partial charge in [-0.2, -0.15) is 10.2 Å². The van der Waals surface area contributed by atoms with Gasteiger partial charge in [-0.1, -0.05) is 12.1 Å². The molecule has 0 atom stereocenters. The fraction of sp³-hybridized carbons (Fsp3) is 0.0455. The van der Waals surface area contributed by atoms with Crippen molar-refractivity contribution in [3.8, 4) is 34.0 Å². The molecule has 0 unspecified atom stereocenters. The fourth-order valence-electron chi connectivity index (χ4n) is 3.68. The van der Waals surface area contributed by atoms with Gasteiger partial charge in [0.2, 0.25) is 0 Å². The monoisotopic (exact) mass is 410 g/mol. The second-order valence-corrected chi connectivity index (χ2v) is 7.19. The number of pyridine rings is 2. The molecule has 0 amide bonds. The maximum atomic E-state index is 14.4. The number of aryl methyl sites for hydroxylation is 1. The summed E-state index contributed by atoms with van der Waals surface area (Å²) in [5.41, 5.74) is 5.93. The minimum absolute atomic E-state index is 0.347. The lowest BCUT2D eigenvalue weighted by molar-refractivity contribution is 0.631. The molecule has 150 valence electrons. The van der Waals surface area contributed by atoms with E-state index < -0.39 is 0 Å². The highest BCUT2D eigenvalue weighted by Crippen LogP contribution is 2.31. The van der Waals surface area contributed by atoms with Gasteiger partial charge in [-0.05, 0) is 30.3 Å². The summed E-state index contributed by atoms with van der Waals surface area (Å²) in [5.74, 6) is 0.183. The van der Waals surface area contributed by atoms with Crippen LogP contribution in [0.2, 0.25) is 0 Å². The largest absolute Gasteiger partial charge is 0.336 e. The van der Waals surface area contributed by atoms with E-state index in [1.54, 1.807) is 41.3 Å². The Morgan fingerprint density at radius 3 is 2.65 bits per heavy atom. The molecule has 0 aliphatic rings. The Hall–Kier alpha value is -4.40. The van der Waals surface area contributed by atoms with Gasteiger partial charge in [0.15, 0.2) is 11.5 Å². The second-order valence-electron chi connectivity index (χ2n) is 7.19. The van der Waals surface area contributed by atoms with Crippen molar-refractivity contribution >= 4 is 22.1 Å². The average molecular weight is 410 g/mol. The van der Waals surface area contributed by atoms with Gasteiger partial charge in [0.1, 0.15) is 22.5 Å². The average Bonchev–Trinajstić information content (AvgIpc) is 3.50. The van der Waals surface area contributed by atoms with Crippen LogP contribution in [0.1, 0.15) is 0 Å². The van der Waals surface area contributed by atoms with Crippen LogP contribution in [0, 0.1) is 5.82 Å². The highest BCUT2D eigenvalue weighted by atomic mass is 19.1. The van der Waals surface area contributed by atoms with Crippen molar-refractivity contribution in [1.29, 1.82) is 0 Å². The van der Waals surface area contributed by atoms with E-state index in [-0.39, 0.29) is 5.82 Å². The summed E-state index contributed by atoms with van der Waals surface area (Å²) in [4.78, 5) is 17.1. The number of nitrogens with one attached hydrogen (secondary N) is 2. The smallest absolute Gasteiger partial charge is 0.161 e. The summed E-state index contributed by atoms with van der Waals surface area (Å²) in [6.07, 6.45) is 5.30. The Bertz CT molecular complexity index is 1580. The number of fused-ring (bicyclic) bond motifs is 2. The van der Waals surface area contributed by atoms with E-state index in [4.69, 9.17) is 9.97 Å². The number of H-pyrrole nitrogens is 2. The summed E-state index contributed by atoms with van der Waals surface area (Å²) in [6, 6.07) is 12.2. The zero-order valence-corrected chi connectivity index (χ0v) is 16.3. The van der Waals surface area contributed by atoms with Gasteiger partial charge in [0, 0.05) is 30.6 Å². The molecule has 0 aliphatic heterocycles. The van der Waals surface area contributed by atoms with E-state index in [1.165, 1.54) is 6.07 Å². The zero-order chi connectivity index (χ0) is 20.9. The molecule has 0 radical (unpaired) electrons. The predicted octanol–water partition coefficient (Wildman–Crippen LogP) is 4.10. The Kier molecular flexibility index (Phi) is 3.69. The maximum absolute atomic E-state index is 14.4. The van der Waals surface area contributed by atoms with E-state index >= 15 is 0 Å². The molecule has 0 bridgehead atoms. The first kappa shape index (κ1) is 17.5. The van der Waals surface area contributed by atoms with E-state index in [0.717, 1.165) is 22.3 Å². The predicted molar refractivity (Wildman–Crippen MR) is 114 cm³/mol. The van der Waals surface area contributed by atoms with Crippen LogP contribution in [0.4, 0.5) is 4.39 Å². The molecule has 0 aliphatic carbocycles. The Morgan fingerprint density at radius 1 is 0.935 bits per heavy atom. The van der Waals surface area contributed by atoms with Crippen LogP contribution < -0.4 is 0 Å². The standard InChI is InChI=1S/C22H15FN8/c1-31-11-12(10-25-31)15-6-7-17-20(26-15)21(30-29-17)22-27-16-8-9-24-18(19(16)28-22)13-4-2-3-5-14(13)23/h2-11H,1H3,(H,27,28)(H,29,30). The van der Waals surface area contributed by atoms with Crippen LogP contribution in [-0.2, 0) is 7.05 Å². The third kappa shape index (κ3) is 2.78. The van der Waals surface area contributed by atoms with Crippen LogP contribution in [0.3, 0.4) is 0 Å². The Balaban J connectivity index is 1.52. The first-order chi connectivity index (χ1) is 15.2. The van der Waals surface area contributed by atoms with Crippen molar-refractivity contribution < 1.29 is 4.39 Å². The minimum Gasteiger partial charge on any atom is -0.336 e. The fourth-order valence-corrected chi connectivity index (χ4v) is 3.68. The van der Waals surface area contributed by atoms with E-state index in [2.05, 4.69) is 25.3 Å². The molecule has 5 aromatic heterocycles. The van der Waals surface area contributed by atoms with E-state index in [0.29, 0.717) is 33.8 Å². The van der Waals surface area contributed by atoms with Gasteiger partial charge in [0.25, 0.3) is 0 Å². The maximum Gasteiger partial charge on any atom is 0.161 e. The third-order valence-electron chi connectivity index (χ3n) is 5.16. The lowest BCUT2D eigenvalue weighted by Crippen LogP contribution is -1.89. The van der Waals surface area contributed by atoms with Crippen LogP contribution in [0.15, 0.2) is 61.1 Å². The number of hydrogen-bond acceptors (Lipinski definition) is 5. The van der Waals surface area contributed by atoms with Crippen molar-refractivity contribution in [2.45, 2.75) is 0 Å². The highest BCUT2D eigenvalue weighted by Gasteiger charge is 2.18. The van der Waals surface area contributed by atoms with Crippen molar-refractivity contribution in [2.75, 3.05) is 0 Å². The highest BCUT2D eigenvalue weighted by molar-refractivity contribution is 5.95. The molecule has 9 heteroatoms. The van der Waals surface area contributed by atoms with Gasteiger partial charge in [-0.15, -0.1) is 0 Å². The van der Waals surface area contributed by atoms with E-state index in [9.17, 15) is 4.39 Å². The van der Waals surface area contributed by atoms with Crippen molar-refractivity contribution in [2.24, 2.45) is 7.05 Å². The number of halogens is 1. The van der Waals surface area contributed by atoms with Gasteiger partial charge in [0.05, 0.1) is 22.9 Å². The zero-order valence-electron chi connectivity index (χ0n) is 16.3. The minimum atomic E-state index is -0.347. The second kappa shape index (κ2) is 6.56. The van der Waals surface area contributed by atoms with Crippen LogP contribution >= 0.6 is 0 Å². The topological polar surface area (TPSA) is 101 Å². The lowest BCUT2D eigenvalue weighted by atomic mass is 10.1. The molecule has 6 rings (SSSR count). The number of aromatic amines is 2. The molecule has 0 saturated carbocycles. The third-order valence-corrected chi connectivity index (χ3v) is 5.16. The summed E-state index contributed by atoms with van der Waals surface area (Å²) in [7, 11) is 1.86. The van der Waals surface area contributed by atoms with Crippen LogP contribution in [0.5, 0.6) is 0 Å². The molecule has 0 spiro atoms. The van der Waals surface area contributed by atoms with Gasteiger partial charge in [-0.25, -0.2) is 14.4 Å². The number of rotatable bonds is 3. The Labute approximate surface area is 174 Å². The molecule has 2 N–H and O–H groups in total. The normalized spacial score (nSPS) is 11.5. The number of imidazole rings is 1. The molecule has 5 heterocycles. The number of aromatic nitrogens is 8. The summed E-state index contributed by atoms with van der Waals surface area (Å²) >= 11 is 0. The molecule has 6 aromatic rings. The first-order valence-electron chi connectivity index (χ1n) is 9.61. The summed E-state index contributed by atoms with van der Waals surface area (Å²) < 4.78 is 16.1. The quantitative estimate of drug-likeness (QED) is 0.457. The lowest BCUT2D eigenvalue weighted by Gasteiger charge is -2.02. The number of hydrogen-bond donors (Lipinski definition) is 2. The van der Waals surface area contributed by atoms with Crippen molar-refractivity contribution in [1.82, 2.24) is 39.9 Å².